The lowest BCUT2D eigenvalue weighted by Gasteiger charge is -2.16. The summed E-state index contributed by atoms with van der Waals surface area (Å²) in [4.78, 5) is 20.7. The maximum Gasteiger partial charge on any atom is 0.222 e. The highest BCUT2D eigenvalue weighted by molar-refractivity contribution is 5.78. The van der Waals surface area contributed by atoms with E-state index in [9.17, 15) is 9.90 Å². The number of aryl methyl sites for hydroxylation is 1. The average Bonchev–Trinajstić information content (AvgIpc) is 3.35. The van der Waals surface area contributed by atoms with E-state index in [0.717, 1.165) is 24.0 Å². The third-order valence-corrected chi connectivity index (χ3v) is 5.10. The molecule has 3 atom stereocenters. The van der Waals surface area contributed by atoms with Gasteiger partial charge in [-0.1, -0.05) is 0 Å². The zero-order valence-corrected chi connectivity index (χ0v) is 14.5. The van der Waals surface area contributed by atoms with Crippen molar-refractivity contribution in [3.8, 4) is 0 Å². The summed E-state index contributed by atoms with van der Waals surface area (Å²) in [6.07, 6.45) is 10.6. The lowest BCUT2D eigenvalue weighted by atomic mass is 10.1. The van der Waals surface area contributed by atoms with Crippen LogP contribution >= 0.6 is 0 Å². The molecule has 0 spiro atoms. The van der Waals surface area contributed by atoms with Crippen LogP contribution in [0.1, 0.15) is 19.3 Å². The summed E-state index contributed by atoms with van der Waals surface area (Å²) < 4.78 is 4.01. The number of nitrogens with one attached hydrogen (secondary N) is 1. The molecule has 1 saturated carbocycles. The highest BCUT2D eigenvalue weighted by Crippen LogP contribution is 2.27. The Morgan fingerprint density at radius 2 is 2.19 bits per heavy atom. The van der Waals surface area contributed by atoms with Gasteiger partial charge in [-0.3, -0.25) is 4.79 Å². The van der Waals surface area contributed by atoms with Crippen molar-refractivity contribution in [3.05, 3.63) is 49.3 Å². The minimum Gasteiger partial charge on any atom is -0.391 e. The van der Waals surface area contributed by atoms with Gasteiger partial charge >= 0.3 is 0 Å². The Hall–Kier alpha value is -2.67. The highest BCUT2D eigenvalue weighted by Gasteiger charge is 2.33. The average molecular weight is 353 g/mol. The largest absolute Gasteiger partial charge is 0.391 e. The van der Waals surface area contributed by atoms with Crippen LogP contribution in [-0.4, -0.2) is 42.3 Å². The third-order valence-electron chi connectivity index (χ3n) is 5.10. The quantitative estimate of drug-likeness (QED) is 0.705. The molecule has 0 aromatic carbocycles. The van der Waals surface area contributed by atoms with E-state index in [1.54, 1.807) is 18.7 Å². The highest BCUT2D eigenvalue weighted by atomic mass is 16.3. The van der Waals surface area contributed by atoms with Crippen molar-refractivity contribution >= 4 is 16.9 Å². The van der Waals surface area contributed by atoms with Crippen LogP contribution in [0.25, 0.3) is 11.0 Å². The minimum atomic E-state index is -0.485. The molecule has 1 fully saturated rings. The third kappa shape index (κ3) is 3.62. The molecule has 136 valence electrons. The van der Waals surface area contributed by atoms with Gasteiger partial charge in [-0.05, 0) is 37.0 Å². The van der Waals surface area contributed by atoms with Gasteiger partial charge in [0.05, 0.1) is 18.5 Å². The summed E-state index contributed by atoms with van der Waals surface area (Å²) in [5, 5.41) is 14.3. The first-order valence-electron chi connectivity index (χ1n) is 9.02. The van der Waals surface area contributed by atoms with Gasteiger partial charge in [0.25, 0.3) is 0 Å². The number of carbonyl (C=O) groups is 1. The molecule has 1 aliphatic carbocycles. The molecule has 1 amide bonds. The fourth-order valence-electron chi connectivity index (χ4n) is 3.82. The van der Waals surface area contributed by atoms with E-state index in [2.05, 4.69) is 15.3 Å². The predicted molar refractivity (Wildman–Crippen MR) is 97.2 cm³/mol. The van der Waals surface area contributed by atoms with Crippen LogP contribution in [0.15, 0.2) is 49.3 Å². The van der Waals surface area contributed by atoms with Crippen LogP contribution in [0.4, 0.5) is 0 Å². The van der Waals surface area contributed by atoms with E-state index in [0.29, 0.717) is 25.3 Å². The summed E-state index contributed by atoms with van der Waals surface area (Å²) in [6, 6.07) is 5.74. The zero-order valence-electron chi connectivity index (χ0n) is 14.5. The van der Waals surface area contributed by atoms with Crippen LogP contribution in [0, 0.1) is 5.92 Å². The smallest absolute Gasteiger partial charge is 0.222 e. The number of nitrogens with zero attached hydrogens (tertiary/aromatic N) is 4. The van der Waals surface area contributed by atoms with Crippen molar-refractivity contribution in [2.75, 3.05) is 0 Å². The number of hydrogen-bond donors (Lipinski definition) is 2. The molecular formula is C19H23N5O2. The number of carbonyl (C=O) groups excluding carboxylic acids is 1. The van der Waals surface area contributed by atoms with Gasteiger partial charge in [0.2, 0.25) is 5.91 Å². The van der Waals surface area contributed by atoms with Crippen LogP contribution in [-0.2, 0) is 17.9 Å². The number of hydrogen-bond acceptors (Lipinski definition) is 4. The number of pyridine rings is 1. The monoisotopic (exact) mass is 353 g/mol. The first kappa shape index (κ1) is 16.8. The molecule has 4 rings (SSSR count). The molecule has 0 bridgehead atoms. The molecule has 26 heavy (non-hydrogen) atoms. The van der Waals surface area contributed by atoms with Crippen LogP contribution in [0.2, 0.25) is 0 Å². The Labute approximate surface area is 151 Å². The molecule has 3 aromatic heterocycles. The van der Waals surface area contributed by atoms with Crippen molar-refractivity contribution in [1.29, 1.82) is 0 Å². The van der Waals surface area contributed by atoms with E-state index < -0.39 is 6.10 Å². The van der Waals surface area contributed by atoms with Gasteiger partial charge in [0.1, 0.15) is 5.65 Å². The molecule has 0 saturated heterocycles. The topological polar surface area (TPSA) is 85.0 Å². The summed E-state index contributed by atoms with van der Waals surface area (Å²) in [5.74, 6) is 0.317. The molecular weight excluding hydrogens is 330 g/mol. The second-order valence-electron chi connectivity index (χ2n) is 7.01. The number of amides is 1. The van der Waals surface area contributed by atoms with E-state index >= 15 is 0 Å². The maximum absolute atomic E-state index is 12.3. The van der Waals surface area contributed by atoms with Gasteiger partial charge < -0.3 is 19.6 Å². The second-order valence-corrected chi connectivity index (χ2v) is 7.01. The number of fused-ring (bicyclic) bond motifs is 1. The summed E-state index contributed by atoms with van der Waals surface area (Å²) in [7, 11) is 0. The minimum absolute atomic E-state index is 0.0323. The lowest BCUT2D eigenvalue weighted by molar-refractivity contribution is -0.122. The van der Waals surface area contributed by atoms with Crippen molar-refractivity contribution in [3.63, 3.8) is 0 Å². The number of rotatable bonds is 6. The fourth-order valence-corrected chi connectivity index (χ4v) is 3.82. The first-order valence-corrected chi connectivity index (χ1v) is 9.02. The molecule has 1 unspecified atom stereocenters. The maximum atomic E-state index is 12.3. The number of aliphatic hydroxyl groups is 1. The van der Waals surface area contributed by atoms with E-state index in [1.807, 2.05) is 39.7 Å². The Kier molecular flexibility index (Phi) is 4.71. The molecule has 1 aliphatic rings. The molecule has 7 heteroatoms. The molecule has 0 radical (unpaired) electrons. The Morgan fingerprint density at radius 1 is 1.27 bits per heavy atom. The molecule has 7 nitrogen and oxygen atoms in total. The normalized spacial score (nSPS) is 22.7. The van der Waals surface area contributed by atoms with Gasteiger partial charge in [0.15, 0.2) is 0 Å². The van der Waals surface area contributed by atoms with Gasteiger partial charge in [-0.15, -0.1) is 0 Å². The van der Waals surface area contributed by atoms with Crippen LogP contribution in [0.3, 0.4) is 0 Å². The Balaban J connectivity index is 1.29. The molecule has 2 N–H and O–H groups in total. The molecule has 0 aliphatic heterocycles. The fraction of sp³-hybridized carbons (Fsp3) is 0.421. The number of imidazole rings is 1. The zero-order chi connectivity index (χ0) is 17.9. The summed E-state index contributed by atoms with van der Waals surface area (Å²) in [5.41, 5.74) is 0.890. The lowest BCUT2D eigenvalue weighted by Crippen LogP contribution is -2.40. The summed E-state index contributed by atoms with van der Waals surface area (Å²) >= 11 is 0. The molecule has 3 aromatic rings. The standard InChI is InChI=1S/C19H23N5O2/c25-17-11-14(12-23-9-6-20-13-23)10-16(17)22-18(26)4-8-24-7-3-15-2-1-5-21-19(15)24/h1-3,5-7,9,13-14,16-17,25H,4,8,10-12H2,(H,22,26)/t14?,16-,17-/m1/s1. The van der Waals surface area contributed by atoms with Crippen molar-refractivity contribution in [2.24, 2.45) is 5.92 Å². The summed E-state index contributed by atoms with van der Waals surface area (Å²) in [6.45, 7) is 1.40. The first-order chi connectivity index (χ1) is 12.7. The van der Waals surface area contributed by atoms with Crippen LogP contribution < -0.4 is 5.32 Å². The van der Waals surface area contributed by atoms with Crippen molar-refractivity contribution < 1.29 is 9.90 Å². The van der Waals surface area contributed by atoms with Gasteiger partial charge in [-0.2, -0.15) is 0 Å². The van der Waals surface area contributed by atoms with Crippen molar-refractivity contribution in [2.45, 2.75) is 44.5 Å². The Morgan fingerprint density at radius 3 is 3.04 bits per heavy atom. The number of aromatic nitrogens is 4. The van der Waals surface area contributed by atoms with Gasteiger partial charge in [-0.25, -0.2) is 9.97 Å². The SMILES string of the molecule is O=C(CCn1ccc2cccnc21)N[C@@H]1CC(Cn2ccnc2)C[C@H]1O. The number of aliphatic hydroxyl groups excluding tert-OH is 1. The molecule has 3 heterocycles. The van der Waals surface area contributed by atoms with Gasteiger partial charge in [0, 0.05) is 49.7 Å². The predicted octanol–water partition coefficient (Wildman–Crippen LogP) is 1.58. The second kappa shape index (κ2) is 7.29. The van der Waals surface area contributed by atoms with E-state index in [-0.39, 0.29) is 11.9 Å². The van der Waals surface area contributed by atoms with Crippen molar-refractivity contribution in [1.82, 2.24) is 24.4 Å². The van der Waals surface area contributed by atoms with E-state index in [1.165, 1.54) is 0 Å². The van der Waals surface area contributed by atoms with Crippen LogP contribution in [0.5, 0.6) is 0 Å². The Bertz CT molecular complexity index is 873. The van der Waals surface area contributed by atoms with E-state index in [4.69, 9.17) is 0 Å².